The van der Waals surface area contributed by atoms with E-state index in [0.29, 0.717) is 25.6 Å². The van der Waals surface area contributed by atoms with Gasteiger partial charge in [-0.3, -0.25) is 4.79 Å². The van der Waals surface area contributed by atoms with Gasteiger partial charge in [0.25, 0.3) is 0 Å². The lowest BCUT2D eigenvalue weighted by Gasteiger charge is -2.30. The van der Waals surface area contributed by atoms with Crippen molar-refractivity contribution in [3.63, 3.8) is 0 Å². The normalized spacial score (nSPS) is 17.3. The summed E-state index contributed by atoms with van der Waals surface area (Å²) in [6.45, 7) is 5.74. The number of amides is 1. The van der Waals surface area contributed by atoms with Gasteiger partial charge in [-0.05, 0) is 49.8 Å². The Labute approximate surface area is 144 Å². The Kier molecular flexibility index (Phi) is 6.18. The summed E-state index contributed by atoms with van der Waals surface area (Å²) in [5, 5.41) is 2.91. The quantitative estimate of drug-likeness (QED) is 0.827. The second-order valence-electron chi connectivity index (χ2n) is 6.54. The number of nitrogens with one attached hydrogen (secondary N) is 1. The van der Waals surface area contributed by atoms with Crippen molar-refractivity contribution in [2.24, 2.45) is 5.92 Å². The molecule has 0 saturated carbocycles. The van der Waals surface area contributed by atoms with Crippen LogP contribution in [0.15, 0.2) is 24.3 Å². The molecule has 6 heteroatoms. The first kappa shape index (κ1) is 18.7. The second kappa shape index (κ2) is 7.94. The molecule has 1 amide bonds. The van der Waals surface area contributed by atoms with Gasteiger partial charge in [-0.25, -0.2) is 12.7 Å². The smallest absolute Gasteiger partial charge is 0.244 e. The number of carbonyl (C=O) groups excluding carboxylic acids is 1. The maximum atomic E-state index is 12.0. The minimum absolute atomic E-state index is 0.111. The van der Waals surface area contributed by atoms with Crippen LogP contribution in [-0.4, -0.2) is 44.5 Å². The summed E-state index contributed by atoms with van der Waals surface area (Å²) in [5.74, 6) is 0.224. The molecule has 1 saturated heterocycles. The molecule has 2 rings (SSSR count). The number of sulfonamides is 1. The van der Waals surface area contributed by atoms with Crippen LogP contribution in [0.4, 0.5) is 0 Å². The maximum Gasteiger partial charge on any atom is 0.244 e. The van der Waals surface area contributed by atoms with E-state index in [1.54, 1.807) is 6.08 Å². The Morgan fingerprint density at radius 2 is 1.96 bits per heavy atom. The highest BCUT2D eigenvalue weighted by molar-refractivity contribution is 7.88. The number of nitrogens with zero attached hydrogens (tertiary/aromatic N) is 1. The average molecular weight is 350 g/mol. The number of aryl methyl sites for hydroxylation is 2. The largest absolute Gasteiger partial charge is 0.352 e. The molecule has 0 atom stereocenters. The number of piperidine rings is 1. The first-order valence-electron chi connectivity index (χ1n) is 8.24. The molecule has 0 radical (unpaired) electrons. The van der Waals surface area contributed by atoms with Gasteiger partial charge in [0.15, 0.2) is 0 Å². The van der Waals surface area contributed by atoms with E-state index in [9.17, 15) is 13.2 Å². The summed E-state index contributed by atoms with van der Waals surface area (Å²) in [4.78, 5) is 12.0. The summed E-state index contributed by atoms with van der Waals surface area (Å²) < 4.78 is 24.5. The summed E-state index contributed by atoms with van der Waals surface area (Å²) in [5.41, 5.74) is 3.39. The Morgan fingerprint density at radius 3 is 2.54 bits per heavy atom. The fraction of sp³-hybridized carbons (Fsp3) is 0.500. The van der Waals surface area contributed by atoms with Crippen molar-refractivity contribution in [1.82, 2.24) is 9.62 Å². The minimum atomic E-state index is -3.09. The molecule has 0 aliphatic carbocycles. The molecule has 1 heterocycles. The van der Waals surface area contributed by atoms with E-state index < -0.39 is 10.0 Å². The van der Waals surface area contributed by atoms with Crippen LogP contribution >= 0.6 is 0 Å². The van der Waals surface area contributed by atoms with Crippen LogP contribution in [0.2, 0.25) is 0 Å². The standard InChI is InChI=1S/C18H26N2O3S/c1-14-4-5-17(15(2)12-14)6-7-18(21)19-13-16-8-10-20(11-9-16)24(3,22)23/h4-7,12,16H,8-11,13H2,1-3H3,(H,19,21)/b7-6+. The number of hydrogen-bond donors (Lipinski definition) is 1. The monoisotopic (exact) mass is 350 g/mol. The Balaban J connectivity index is 1.79. The fourth-order valence-corrected chi connectivity index (χ4v) is 3.80. The highest BCUT2D eigenvalue weighted by atomic mass is 32.2. The molecule has 24 heavy (non-hydrogen) atoms. The van der Waals surface area contributed by atoms with E-state index in [2.05, 4.69) is 11.4 Å². The van der Waals surface area contributed by atoms with Crippen LogP contribution in [0.25, 0.3) is 6.08 Å². The van der Waals surface area contributed by atoms with Gasteiger partial charge < -0.3 is 5.32 Å². The van der Waals surface area contributed by atoms with E-state index in [-0.39, 0.29) is 5.91 Å². The third kappa shape index (κ3) is 5.46. The highest BCUT2D eigenvalue weighted by Gasteiger charge is 2.24. The summed E-state index contributed by atoms with van der Waals surface area (Å²) >= 11 is 0. The van der Waals surface area contributed by atoms with Gasteiger partial charge >= 0.3 is 0 Å². The highest BCUT2D eigenvalue weighted by Crippen LogP contribution is 2.18. The van der Waals surface area contributed by atoms with Crippen molar-refractivity contribution in [3.05, 3.63) is 41.0 Å². The van der Waals surface area contributed by atoms with Crippen molar-refractivity contribution in [2.75, 3.05) is 25.9 Å². The molecule has 0 bridgehead atoms. The molecule has 1 aromatic rings. The topological polar surface area (TPSA) is 66.5 Å². The average Bonchev–Trinajstić information content (AvgIpc) is 2.51. The zero-order chi connectivity index (χ0) is 17.7. The number of carbonyl (C=O) groups is 1. The lowest BCUT2D eigenvalue weighted by atomic mass is 9.98. The van der Waals surface area contributed by atoms with Crippen LogP contribution in [0, 0.1) is 19.8 Å². The zero-order valence-electron chi connectivity index (χ0n) is 14.6. The van der Waals surface area contributed by atoms with Crippen LogP contribution in [0.3, 0.4) is 0 Å². The van der Waals surface area contributed by atoms with E-state index in [1.807, 2.05) is 32.1 Å². The minimum Gasteiger partial charge on any atom is -0.352 e. The number of hydrogen-bond acceptors (Lipinski definition) is 3. The van der Waals surface area contributed by atoms with Crippen molar-refractivity contribution in [1.29, 1.82) is 0 Å². The third-order valence-corrected chi connectivity index (χ3v) is 5.75. The van der Waals surface area contributed by atoms with Crippen LogP contribution in [-0.2, 0) is 14.8 Å². The molecule has 0 aromatic heterocycles. The predicted octanol–water partition coefficient (Wildman–Crippen LogP) is 2.10. The van der Waals surface area contributed by atoms with Crippen molar-refractivity contribution >= 4 is 22.0 Å². The Morgan fingerprint density at radius 1 is 1.29 bits per heavy atom. The van der Waals surface area contributed by atoms with Gasteiger partial charge in [0.2, 0.25) is 15.9 Å². The number of rotatable bonds is 5. The molecule has 0 unspecified atom stereocenters. The zero-order valence-corrected chi connectivity index (χ0v) is 15.4. The Bertz CT molecular complexity index is 718. The number of benzene rings is 1. The molecule has 1 aliphatic heterocycles. The van der Waals surface area contributed by atoms with Crippen LogP contribution < -0.4 is 5.32 Å². The van der Waals surface area contributed by atoms with Gasteiger partial charge in [0.05, 0.1) is 6.26 Å². The summed E-state index contributed by atoms with van der Waals surface area (Å²) in [6.07, 6.45) is 6.20. The maximum absolute atomic E-state index is 12.0. The lowest BCUT2D eigenvalue weighted by molar-refractivity contribution is -0.116. The Hall–Kier alpha value is -1.66. The van der Waals surface area contributed by atoms with Gasteiger partial charge in [0.1, 0.15) is 0 Å². The third-order valence-electron chi connectivity index (χ3n) is 4.45. The van der Waals surface area contributed by atoms with Crippen molar-refractivity contribution in [2.45, 2.75) is 26.7 Å². The first-order chi connectivity index (χ1) is 11.3. The van der Waals surface area contributed by atoms with Crippen LogP contribution in [0.1, 0.15) is 29.5 Å². The molecule has 1 aliphatic rings. The molecule has 1 N–H and O–H groups in total. The SMILES string of the molecule is Cc1ccc(/C=C/C(=O)NCC2CCN(S(C)(=O)=O)CC2)c(C)c1. The van der Waals surface area contributed by atoms with Gasteiger partial charge in [-0.15, -0.1) is 0 Å². The molecule has 1 fully saturated rings. The van der Waals surface area contributed by atoms with Gasteiger partial charge in [-0.1, -0.05) is 23.8 Å². The summed E-state index contributed by atoms with van der Waals surface area (Å²) in [6, 6.07) is 6.13. The summed E-state index contributed by atoms with van der Waals surface area (Å²) in [7, 11) is -3.09. The molecular formula is C18H26N2O3S. The van der Waals surface area contributed by atoms with E-state index in [4.69, 9.17) is 0 Å². The second-order valence-corrected chi connectivity index (χ2v) is 8.53. The van der Waals surface area contributed by atoms with Gasteiger partial charge in [0, 0.05) is 25.7 Å². The molecule has 1 aromatic carbocycles. The van der Waals surface area contributed by atoms with Crippen LogP contribution in [0.5, 0.6) is 0 Å². The molecule has 132 valence electrons. The molecule has 5 nitrogen and oxygen atoms in total. The fourth-order valence-electron chi connectivity index (χ4n) is 2.93. The van der Waals surface area contributed by atoms with E-state index in [1.165, 1.54) is 16.1 Å². The van der Waals surface area contributed by atoms with E-state index in [0.717, 1.165) is 24.0 Å². The van der Waals surface area contributed by atoms with Crippen molar-refractivity contribution < 1.29 is 13.2 Å². The molecular weight excluding hydrogens is 324 g/mol. The van der Waals surface area contributed by atoms with E-state index >= 15 is 0 Å². The van der Waals surface area contributed by atoms with Crippen molar-refractivity contribution in [3.8, 4) is 0 Å². The lowest BCUT2D eigenvalue weighted by Crippen LogP contribution is -2.40. The molecule has 0 spiro atoms. The predicted molar refractivity (Wildman–Crippen MR) is 97.1 cm³/mol. The first-order valence-corrected chi connectivity index (χ1v) is 10.1. The van der Waals surface area contributed by atoms with Gasteiger partial charge in [-0.2, -0.15) is 0 Å².